The molecule has 4 rings (SSSR count). The maximum atomic E-state index is 13.5. The summed E-state index contributed by atoms with van der Waals surface area (Å²) in [5.41, 5.74) is -1.51. The molecule has 208 valence electrons. The van der Waals surface area contributed by atoms with Crippen molar-refractivity contribution in [1.29, 1.82) is 0 Å². The number of piperidine rings is 1. The number of halogens is 3. The maximum Gasteiger partial charge on any atom is 0.435 e. The van der Waals surface area contributed by atoms with Gasteiger partial charge >= 0.3 is 6.18 Å². The van der Waals surface area contributed by atoms with Gasteiger partial charge in [-0.15, -0.1) is 0 Å². The molecule has 39 heavy (non-hydrogen) atoms. The molecule has 0 bridgehead atoms. The molecule has 1 saturated heterocycles. The zero-order valence-electron chi connectivity index (χ0n) is 21.3. The molecule has 0 spiro atoms. The average molecular weight is 563 g/mol. The van der Waals surface area contributed by atoms with Crippen molar-refractivity contribution in [3.05, 3.63) is 78.1 Å². The third-order valence-electron chi connectivity index (χ3n) is 6.75. The molecular weight excluding hydrogens is 533 g/mol. The predicted molar refractivity (Wildman–Crippen MR) is 138 cm³/mol. The zero-order valence-corrected chi connectivity index (χ0v) is 22.1. The van der Waals surface area contributed by atoms with Crippen LogP contribution in [0.3, 0.4) is 0 Å². The highest BCUT2D eigenvalue weighted by molar-refractivity contribution is 7.89. The topological polar surface area (TPSA) is 101 Å². The molecular formula is C27H29F3N4O4S. The highest BCUT2D eigenvalue weighted by Gasteiger charge is 2.39. The number of hydrogen-bond acceptors (Lipinski definition) is 5. The monoisotopic (exact) mass is 562 g/mol. The van der Waals surface area contributed by atoms with E-state index in [0.29, 0.717) is 18.5 Å². The van der Waals surface area contributed by atoms with Gasteiger partial charge in [0.15, 0.2) is 5.69 Å². The van der Waals surface area contributed by atoms with E-state index in [1.807, 2.05) is 0 Å². The van der Waals surface area contributed by atoms with Gasteiger partial charge in [0.1, 0.15) is 5.78 Å². The van der Waals surface area contributed by atoms with Gasteiger partial charge in [-0.1, -0.05) is 36.4 Å². The van der Waals surface area contributed by atoms with Crippen LogP contribution in [-0.2, 0) is 21.0 Å². The van der Waals surface area contributed by atoms with Crippen LogP contribution in [0.2, 0.25) is 0 Å². The molecule has 1 aliphatic heterocycles. The third-order valence-corrected chi connectivity index (χ3v) is 8.78. The fraction of sp³-hybridized carbons (Fsp3) is 0.370. The van der Waals surface area contributed by atoms with Gasteiger partial charge < -0.3 is 5.32 Å². The smallest absolute Gasteiger partial charge is 0.352 e. The first kappa shape index (κ1) is 28.5. The van der Waals surface area contributed by atoms with Crippen LogP contribution < -0.4 is 5.32 Å². The fourth-order valence-electron chi connectivity index (χ4n) is 4.75. The Morgan fingerprint density at radius 3 is 2.31 bits per heavy atom. The van der Waals surface area contributed by atoms with E-state index in [1.54, 1.807) is 55.5 Å². The summed E-state index contributed by atoms with van der Waals surface area (Å²) in [7, 11) is -3.66. The number of carbonyl (C=O) groups excluding carboxylic acids is 2. The molecule has 2 heterocycles. The van der Waals surface area contributed by atoms with E-state index in [2.05, 4.69) is 10.4 Å². The maximum absolute atomic E-state index is 13.5. The second-order valence-corrected chi connectivity index (χ2v) is 11.4. The van der Waals surface area contributed by atoms with Crippen LogP contribution in [0, 0.1) is 5.92 Å². The lowest BCUT2D eigenvalue weighted by molar-refractivity contribution is -0.141. The van der Waals surface area contributed by atoms with E-state index < -0.39 is 33.4 Å². The van der Waals surface area contributed by atoms with Gasteiger partial charge in [0, 0.05) is 37.7 Å². The van der Waals surface area contributed by atoms with Crippen LogP contribution in [0.25, 0.3) is 5.69 Å². The molecule has 2 unspecified atom stereocenters. The van der Waals surface area contributed by atoms with Gasteiger partial charge in [-0.25, -0.2) is 13.1 Å². The molecule has 12 heteroatoms. The number of ketones is 1. The predicted octanol–water partition coefficient (Wildman–Crippen LogP) is 4.46. The summed E-state index contributed by atoms with van der Waals surface area (Å²) in [6, 6.07) is 15.9. The Balaban J connectivity index is 1.30. The lowest BCUT2D eigenvalue weighted by atomic mass is 9.88. The minimum atomic E-state index is -4.82. The van der Waals surface area contributed by atoms with Crippen LogP contribution in [0.1, 0.15) is 48.7 Å². The van der Waals surface area contributed by atoms with E-state index in [-0.39, 0.29) is 48.6 Å². The van der Waals surface area contributed by atoms with Crippen molar-refractivity contribution in [2.75, 3.05) is 13.1 Å². The van der Waals surface area contributed by atoms with Gasteiger partial charge in [-0.2, -0.15) is 22.6 Å². The molecule has 1 N–H and O–H groups in total. The highest BCUT2D eigenvalue weighted by Crippen LogP contribution is 2.32. The van der Waals surface area contributed by atoms with Crippen molar-refractivity contribution >= 4 is 21.7 Å². The van der Waals surface area contributed by atoms with E-state index in [9.17, 15) is 31.2 Å². The Kier molecular flexibility index (Phi) is 8.55. The summed E-state index contributed by atoms with van der Waals surface area (Å²) in [6.45, 7) is 2.00. The minimum absolute atomic E-state index is 0.00910. The zero-order chi connectivity index (χ0) is 28.2. The molecule has 1 aliphatic rings. The van der Waals surface area contributed by atoms with Crippen molar-refractivity contribution in [1.82, 2.24) is 19.4 Å². The van der Waals surface area contributed by atoms with Crippen molar-refractivity contribution in [3.63, 3.8) is 0 Å². The number of amides is 1. The Hall–Kier alpha value is -3.51. The number of aromatic nitrogens is 2. The van der Waals surface area contributed by atoms with Crippen molar-refractivity contribution in [2.24, 2.45) is 5.92 Å². The Bertz CT molecular complexity index is 1410. The number of alkyl halides is 3. The van der Waals surface area contributed by atoms with Crippen molar-refractivity contribution in [3.8, 4) is 5.69 Å². The number of benzene rings is 2. The van der Waals surface area contributed by atoms with E-state index in [0.717, 1.165) is 10.9 Å². The van der Waals surface area contributed by atoms with Crippen LogP contribution in [0.4, 0.5) is 13.2 Å². The Labute approximate surface area is 224 Å². The molecule has 1 amide bonds. The summed E-state index contributed by atoms with van der Waals surface area (Å²) in [5.74, 6) is -1.30. The van der Waals surface area contributed by atoms with Crippen LogP contribution >= 0.6 is 0 Å². The normalized spacial score (nSPS) is 18.6. The van der Waals surface area contributed by atoms with Gasteiger partial charge in [-0.3, -0.25) is 9.59 Å². The van der Waals surface area contributed by atoms with Gasteiger partial charge in [-0.05, 0) is 50.5 Å². The summed E-state index contributed by atoms with van der Waals surface area (Å²) >= 11 is 0. The minimum Gasteiger partial charge on any atom is -0.352 e. The van der Waals surface area contributed by atoms with Crippen molar-refractivity contribution in [2.45, 2.75) is 49.7 Å². The van der Waals surface area contributed by atoms with Crippen LogP contribution in [0.15, 0.2) is 71.8 Å². The first-order valence-electron chi connectivity index (χ1n) is 12.6. The third kappa shape index (κ3) is 6.56. The molecule has 8 nitrogen and oxygen atoms in total. The standard InChI is InChI=1S/C27H29F3N4O4S/c1-19-17-20(14-16-34(19)39(37,38)22-11-6-3-7-12-22)24(35)13-8-15-31-26(36)23-18-33(21-9-4-2-5-10-21)32-25(23)27(28,29)30/h2-7,9-12,18-20H,8,13-17H2,1H3,(H,31,36). The molecule has 0 radical (unpaired) electrons. The number of nitrogens with zero attached hydrogens (tertiary/aromatic N) is 3. The second kappa shape index (κ2) is 11.7. The van der Waals surface area contributed by atoms with Gasteiger partial charge in [0.05, 0.1) is 16.1 Å². The summed E-state index contributed by atoms with van der Waals surface area (Å²) in [4.78, 5) is 25.6. The largest absolute Gasteiger partial charge is 0.435 e. The molecule has 2 aromatic carbocycles. The number of para-hydroxylation sites is 1. The summed E-state index contributed by atoms with van der Waals surface area (Å²) in [5, 5.41) is 6.03. The second-order valence-electron chi connectivity index (χ2n) is 9.49. The van der Waals surface area contributed by atoms with Crippen molar-refractivity contribution < 1.29 is 31.2 Å². The summed E-state index contributed by atoms with van der Waals surface area (Å²) < 4.78 is 68.9. The van der Waals surface area contributed by atoms with Crippen LogP contribution in [0.5, 0.6) is 0 Å². The number of carbonyl (C=O) groups is 2. The molecule has 3 aromatic rings. The number of rotatable bonds is 9. The van der Waals surface area contributed by atoms with E-state index >= 15 is 0 Å². The van der Waals surface area contributed by atoms with Gasteiger partial charge in [0.25, 0.3) is 5.91 Å². The number of hydrogen-bond donors (Lipinski definition) is 1. The Morgan fingerprint density at radius 2 is 1.69 bits per heavy atom. The first-order chi connectivity index (χ1) is 18.5. The number of nitrogens with one attached hydrogen (secondary N) is 1. The SMILES string of the molecule is CC1CC(C(=O)CCCNC(=O)c2cn(-c3ccccc3)nc2C(F)(F)F)CCN1S(=O)(=O)c1ccccc1. The molecule has 1 aromatic heterocycles. The lowest BCUT2D eigenvalue weighted by Crippen LogP contribution is -2.46. The number of Topliss-reactive ketones (excluding diaryl/α,β-unsaturated/α-hetero) is 1. The molecule has 0 saturated carbocycles. The quantitative estimate of drug-likeness (QED) is 0.388. The molecule has 0 aliphatic carbocycles. The molecule has 1 fully saturated rings. The van der Waals surface area contributed by atoms with E-state index in [1.165, 1.54) is 16.4 Å². The summed E-state index contributed by atoms with van der Waals surface area (Å²) in [6.07, 6.45) is -2.65. The lowest BCUT2D eigenvalue weighted by Gasteiger charge is -2.36. The van der Waals surface area contributed by atoms with E-state index in [4.69, 9.17) is 0 Å². The van der Waals surface area contributed by atoms with Crippen LogP contribution in [-0.4, -0.2) is 53.3 Å². The fourth-order valence-corrected chi connectivity index (χ4v) is 6.43. The molecule has 2 atom stereocenters. The Morgan fingerprint density at radius 1 is 1.05 bits per heavy atom. The highest BCUT2D eigenvalue weighted by atomic mass is 32.2. The van der Waals surface area contributed by atoms with Gasteiger partial charge in [0.2, 0.25) is 10.0 Å². The first-order valence-corrected chi connectivity index (χ1v) is 14.0. The number of sulfonamides is 1. The average Bonchev–Trinajstić information content (AvgIpc) is 3.38.